The molecule has 6 heteroatoms. The van der Waals surface area contributed by atoms with Crippen LogP contribution in [0.25, 0.3) is 0 Å². The van der Waals surface area contributed by atoms with E-state index in [9.17, 15) is 10.1 Å². The first-order valence-corrected chi connectivity index (χ1v) is 5.42. The third-order valence-electron chi connectivity index (χ3n) is 2.53. The quantitative estimate of drug-likeness (QED) is 0.651. The van der Waals surface area contributed by atoms with Crippen molar-refractivity contribution in [3.8, 4) is 0 Å². The van der Waals surface area contributed by atoms with Crippen LogP contribution in [0.1, 0.15) is 17.4 Å². The van der Waals surface area contributed by atoms with E-state index in [0.29, 0.717) is 12.2 Å². The van der Waals surface area contributed by atoms with E-state index < -0.39 is 4.92 Å². The molecule has 0 bridgehead atoms. The molecule has 6 nitrogen and oxygen atoms in total. The summed E-state index contributed by atoms with van der Waals surface area (Å²) < 4.78 is 0. The minimum Gasteiger partial charge on any atom is -0.324 e. The topological polar surface area (TPSA) is 94.9 Å². The second-order valence-electron chi connectivity index (χ2n) is 3.84. The molecule has 0 spiro atoms. The maximum atomic E-state index is 10.5. The zero-order valence-corrected chi connectivity index (χ0v) is 9.56. The first-order valence-electron chi connectivity index (χ1n) is 5.42. The maximum absolute atomic E-state index is 10.5. The Hall–Kier alpha value is -2.34. The molecule has 0 radical (unpaired) electrons. The number of benzene rings is 1. The van der Waals surface area contributed by atoms with E-state index in [0.717, 1.165) is 5.56 Å². The Balaban J connectivity index is 2.08. The van der Waals surface area contributed by atoms with Gasteiger partial charge in [-0.15, -0.1) is 0 Å². The van der Waals surface area contributed by atoms with Crippen molar-refractivity contribution < 1.29 is 4.92 Å². The van der Waals surface area contributed by atoms with Gasteiger partial charge in [0.2, 0.25) is 0 Å². The molecule has 0 saturated heterocycles. The Morgan fingerprint density at radius 1 is 1.22 bits per heavy atom. The van der Waals surface area contributed by atoms with E-state index in [-0.39, 0.29) is 11.7 Å². The van der Waals surface area contributed by atoms with Gasteiger partial charge in [-0.05, 0) is 5.56 Å². The second kappa shape index (κ2) is 5.33. The number of nitrogens with zero attached hydrogens (tertiary/aromatic N) is 3. The van der Waals surface area contributed by atoms with Crippen molar-refractivity contribution >= 4 is 5.69 Å². The van der Waals surface area contributed by atoms with Crippen molar-refractivity contribution in [2.75, 3.05) is 0 Å². The Kier molecular flexibility index (Phi) is 3.59. The van der Waals surface area contributed by atoms with Gasteiger partial charge in [0.25, 0.3) is 0 Å². The third kappa shape index (κ3) is 2.86. The summed E-state index contributed by atoms with van der Waals surface area (Å²) in [4.78, 5) is 17.8. The third-order valence-corrected chi connectivity index (χ3v) is 2.53. The Bertz CT molecular complexity index is 528. The van der Waals surface area contributed by atoms with E-state index in [1.54, 1.807) is 0 Å². The van der Waals surface area contributed by atoms with Crippen molar-refractivity contribution in [2.45, 2.75) is 12.5 Å². The fraction of sp³-hybridized carbons (Fsp3) is 0.167. The molecular weight excluding hydrogens is 232 g/mol. The predicted molar refractivity (Wildman–Crippen MR) is 65.8 cm³/mol. The lowest BCUT2D eigenvalue weighted by atomic mass is 10.0. The van der Waals surface area contributed by atoms with Gasteiger partial charge < -0.3 is 5.73 Å². The van der Waals surface area contributed by atoms with Crippen molar-refractivity contribution in [3.05, 3.63) is 64.2 Å². The van der Waals surface area contributed by atoms with Crippen LogP contribution in [-0.2, 0) is 6.42 Å². The van der Waals surface area contributed by atoms with Crippen molar-refractivity contribution in [1.29, 1.82) is 0 Å². The molecule has 2 aromatic rings. The highest BCUT2D eigenvalue weighted by Gasteiger charge is 2.11. The molecular formula is C12H12N4O2. The molecule has 2 N–H and O–H groups in total. The highest BCUT2D eigenvalue weighted by molar-refractivity contribution is 5.22. The first kappa shape index (κ1) is 12.1. The standard InChI is InChI=1S/C12H12N4O2/c13-11(9-4-2-1-3-5-9)6-12-14-7-10(8-15-12)16(17)18/h1-5,7-8,11H,6,13H2. The lowest BCUT2D eigenvalue weighted by molar-refractivity contribution is -0.385. The van der Waals surface area contributed by atoms with Gasteiger partial charge in [-0.2, -0.15) is 0 Å². The summed E-state index contributed by atoms with van der Waals surface area (Å²) >= 11 is 0. The van der Waals surface area contributed by atoms with Gasteiger partial charge in [-0.3, -0.25) is 10.1 Å². The number of nitrogens with two attached hydrogens (primary N) is 1. The second-order valence-corrected chi connectivity index (χ2v) is 3.84. The molecule has 18 heavy (non-hydrogen) atoms. The van der Waals surface area contributed by atoms with Crippen molar-refractivity contribution in [1.82, 2.24) is 9.97 Å². The van der Waals surface area contributed by atoms with E-state index in [4.69, 9.17) is 5.73 Å². The van der Waals surface area contributed by atoms with Crippen LogP contribution in [0, 0.1) is 10.1 Å². The SMILES string of the molecule is NC(Cc1ncc([N+](=O)[O-])cn1)c1ccccc1. The highest BCUT2D eigenvalue weighted by atomic mass is 16.6. The Morgan fingerprint density at radius 3 is 2.39 bits per heavy atom. The smallest absolute Gasteiger partial charge is 0.305 e. The summed E-state index contributed by atoms with van der Waals surface area (Å²) in [6, 6.07) is 9.37. The lowest BCUT2D eigenvalue weighted by Gasteiger charge is -2.10. The molecule has 0 aliphatic rings. The van der Waals surface area contributed by atoms with Gasteiger partial charge >= 0.3 is 5.69 Å². The molecule has 0 amide bonds. The lowest BCUT2D eigenvalue weighted by Crippen LogP contribution is -2.14. The monoisotopic (exact) mass is 244 g/mol. The normalized spacial score (nSPS) is 12.1. The van der Waals surface area contributed by atoms with Gasteiger partial charge in [0.15, 0.2) is 0 Å². The summed E-state index contributed by atoms with van der Waals surface area (Å²) in [5.41, 5.74) is 6.88. The van der Waals surface area contributed by atoms with Crippen molar-refractivity contribution in [3.63, 3.8) is 0 Å². The maximum Gasteiger partial charge on any atom is 0.305 e. The average Bonchev–Trinajstić information content (AvgIpc) is 2.40. The molecule has 1 aromatic heterocycles. The van der Waals surface area contributed by atoms with Gasteiger partial charge in [0, 0.05) is 12.5 Å². The molecule has 1 heterocycles. The Labute approximate surface area is 104 Å². The molecule has 0 aliphatic heterocycles. The fourth-order valence-electron chi connectivity index (χ4n) is 1.56. The summed E-state index contributed by atoms with van der Waals surface area (Å²) in [5, 5.41) is 10.5. The predicted octanol–water partition coefficient (Wildman–Crippen LogP) is 1.63. The summed E-state index contributed by atoms with van der Waals surface area (Å²) in [6.45, 7) is 0. The van der Waals surface area contributed by atoms with E-state index in [1.807, 2.05) is 30.3 Å². The summed E-state index contributed by atoms with van der Waals surface area (Å²) in [5.74, 6) is 0.497. The number of hydrogen-bond acceptors (Lipinski definition) is 5. The van der Waals surface area contributed by atoms with Gasteiger partial charge in [-0.1, -0.05) is 30.3 Å². The van der Waals surface area contributed by atoms with Crippen LogP contribution in [0.5, 0.6) is 0 Å². The van der Waals surface area contributed by atoms with Crippen molar-refractivity contribution in [2.24, 2.45) is 5.73 Å². The van der Waals surface area contributed by atoms with Crippen LogP contribution < -0.4 is 5.73 Å². The zero-order valence-electron chi connectivity index (χ0n) is 9.56. The van der Waals surface area contributed by atoms with Crippen LogP contribution >= 0.6 is 0 Å². The molecule has 0 aliphatic carbocycles. The van der Waals surface area contributed by atoms with Crippen LogP contribution in [0.15, 0.2) is 42.7 Å². The summed E-state index contributed by atoms with van der Waals surface area (Å²) in [7, 11) is 0. The molecule has 2 rings (SSSR count). The van der Waals surface area contributed by atoms with E-state index in [1.165, 1.54) is 12.4 Å². The number of hydrogen-bond donors (Lipinski definition) is 1. The average molecular weight is 244 g/mol. The van der Waals surface area contributed by atoms with Gasteiger partial charge in [0.05, 0.1) is 4.92 Å². The van der Waals surface area contributed by atoms with Gasteiger partial charge in [-0.25, -0.2) is 9.97 Å². The van der Waals surface area contributed by atoms with Crippen LogP contribution in [0.3, 0.4) is 0 Å². The number of nitro groups is 1. The number of rotatable bonds is 4. The molecule has 1 unspecified atom stereocenters. The van der Waals surface area contributed by atoms with E-state index >= 15 is 0 Å². The van der Waals surface area contributed by atoms with Crippen LogP contribution in [0.2, 0.25) is 0 Å². The number of aromatic nitrogens is 2. The molecule has 92 valence electrons. The minimum atomic E-state index is -0.527. The fourth-order valence-corrected chi connectivity index (χ4v) is 1.56. The zero-order chi connectivity index (χ0) is 13.0. The van der Waals surface area contributed by atoms with Crippen LogP contribution in [0.4, 0.5) is 5.69 Å². The molecule has 0 saturated carbocycles. The van der Waals surface area contributed by atoms with Crippen LogP contribution in [-0.4, -0.2) is 14.9 Å². The summed E-state index contributed by atoms with van der Waals surface area (Å²) in [6.07, 6.45) is 2.84. The minimum absolute atomic E-state index is 0.118. The first-order chi connectivity index (χ1) is 8.66. The van der Waals surface area contributed by atoms with Gasteiger partial charge in [0.1, 0.15) is 18.2 Å². The molecule has 1 aromatic carbocycles. The molecule has 0 fully saturated rings. The van der Waals surface area contributed by atoms with E-state index in [2.05, 4.69) is 9.97 Å². The Morgan fingerprint density at radius 2 is 1.83 bits per heavy atom. The molecule has 1 atom stereocenters. The largest absolute Gasteiger partial charge is 0.324 e. The highest BCUT2D eigenvalue weighted by Crippen LogP contribution is 2.14.